The van der Waals surface area contributed by atoms with Crippen molar-refractivity contribution in [2.45, 2.75) is 22.8 Å². The summed E-state index contributed by atoms with van der Waals surface area (Å²) < 4.78 is 5.90. The fourth-order valence-corrected chi connectivity index (χ4v) is 7.51. The standard InChI is InChI=1S/C27H18ClN3O6S2/c28-16-5-1-14(2-6-16)13-37-19-11-3-15(4-12-19)20-21-23(38-24-22(20)39-27(34)29-24)26(33)30(25(21)32)17-7-9-18(10-8-17)31(35)36/h1-12,20-21,23H,13H2,(H,29,34). The van der Waals surface area contributed by atoms with Crippen LogP contribution in [0.15, 0.2) is 82.6 Å². The lowest BCUT2D eigenvalue weighted by Crippen LogP contribution is -2.32. The number of ether oxygens (including phenoxy) is 1. The lowest BCUT2D eigenvalue weighted by atomic mass is 9.83. The Morgan fingerprint density at radius 1 is 0.949 bits per heavy atom. The van der Waals surface area contributed by atoms with E-state index in [0.717, 1.165) is 27.4 Å². The predicted molar refractivity (Wildman–Crippen MR) is 148 cm³/mol. The fourth-order valence-electron chi connectivity index (χ4n) is 4.87. The molecule has 0 saturated carbocycles. The van der Waals surface area contributed by atoms with Gasteiger partial charge in [-0.2, -0.15) is 0 Å². The fraction of sp³-hybridized carbons (Fsp3) is 0.148. The second kappa shape index (κ2) is 9.99. The second-order valence-electron chi connectivity index (χ2n) is 9.02. The molecule has 12 heteroatoms. The Morgan fingerprint density at radius 2 is 1.64 bits per heavy atom. The molecular weight excluding hydrogens is 562 g/mol. The van der Waals surface area contributed by atoms with Crippen LogP contribution in [0.4, 0.5) is 11.4 Å². The minimum atomic E-state index is -0.753. The number of hydrogen-bond acceptors (Lipinski definition) is 8. The van der Waals surface area contributed by atoms with Crippen LogP contribution < -0.4 is 14.5 Å². The summed E-state index contributed by atoms with van der Waals surface area (Å²) in [6.45, 7) is 0.349. The SMILES string of the molecule is O=C1C2Sc3[nH]c(=O)sc3C(c3ccc(OCc4ccc(Cl)cc4)cc3)C2C(=O)N1c1ccc([N+](=O)[O-])cc1. The third-order valence-electron chi connectivity index (χ3n) is 6.70. The van der Waals surface area contributed by atoms with E-state index in [9.17, 15) is 24.5 Å². The molecule has 0 spiro atoms. The van der Waals surface area contributed by atoms with Crippen molar-refractivity contribution in [3.05, 3.63) is 114 Å². The molecule has 2 aliphatic rings. The lowest BCUT2D eigenvalue weighted by Gasteiger charge is -2.29. The summed E-state index contributed by atoms with van der Waals surface area (Å²) in [7, 11) is 0. The molecule has 0 aliphatic carbocycles. The van der Waals surface area contributed by atoms with Crippen LogP contribution >= 0.6 is 34.7 Å². The smallest absolute Gasteiger partial charge is 0.305 e. The number of imide groups is 1. The quantitative estimate of drug-likeness (QED) is 0.185. The molecule has 3 unspecified atom stereocenters. The first-order chi connectivity index (χ1) is 18.8. The molecule has 3 atom stereocenters. The number of fused-ring (bicyclic) bond motifs is 2. The molecule has 1 saturated heterocycles. The van der Waals surface area contributed by atoms with Crippen molar-refractivity contribution >= 4 is 57.9 Å². The number of rotatable bonds is 6. The highest BCUT2D eigenvalue weighted by atomic mass is 35.5. The first-order valence-electron chi connectivity index (χ1n) is 11.8. The number of nitro groups is 1. The van der Waals surface area contributed by atoms with Gasteiger partial charge in [-0.15, -0.1) is 0 Å². The molecule has 0 radical (unpaired) electrons. The van der Waals surface area contributed by atoms with Crippen LogP contribution in [0.25, 0.3) is 0 Å². The summed E-state index contributed by atoms with van der Waals surface area (Å²) in [5.74, 6) is -1.49. The number of non-ortho nitro benzene ring substituents is 1. The Kier molecular flexibility index (Phi) is 6.49. The lowest BCUT2D eigenvalue weighted by molar-refractivity contribution is -0.384. The van der Waals surface area contributed by atoms with Gasteiger partial charge in [-0.05, 0) is 47.5 Å². The number of anilines is 1. The number of halogens is 1. The average Bonchev–Trinajstić information content (AvgIpc) is 3.43. The minimum Gasteiger partial charge on any atom is -0.489 e. The second-order valence-corrected chi connectivity index (χ2v) is 11.6. The van der Waals surface area contributed by atoms with Crippen molar-refractivity contribution in [2.24, 2.45) is 5.92 Å². The van der Waals surface area contributed by atoms with Crippen LogP contribution in [0.3, 0.4) is 0 Å². The summed E-state index contributed by atoms with van der Waals surface area (Å²) in [4.78, 5) is 54.4. The average molecular weight is 580 g/mol. The highest BCUT2D eigenvalue weighted by Gasteiger charge is 2.56. The largest absolute Gasteiger partial charge is 0.489 e. The Hall–Kier alpha value is -3.93. The van der Waals surface area contributed by atoms with Gasteiger partial charge in [0.25, 0.3) is 5.69 Å². The van der Waals surface area contributed by atoms with Crippen LogP contribution in [-0.4, -0.2) is 27.0 Å². The number of nitrogens with zero attached hydrogens (tertiary/aromatic N) is 2. The van der Waals surface area contributed by atoms with Gasteiger partial charge in [0.1, 0.15) is 17.6 Å². The van der Waals surface area contributed by atoms with E-state index >= 15 is 0 Å². The molecule has 1 N–H and O–H groups in total. The van der Waals surface area contributed by atoms with Gasteiger partial charge in [0.2, 0.25) is 11.8 Å². The summed E-state index contributed by atoms with van der Waals surface area (Å²) in [6, 6.07) is 19.9. The van der Waals surface area contributed by atoms with Gasteiger partial charge in [0.15, 0.2) is 0 Å². The number of amides is 2. The van der Waals surface area contributed by atoms with Gasteiger partial charge in [-0.3, -0.25) is 24.5 Å². The number of thioether (sulfide) groups is 1. The number of hydrogen-bond donors (Lipinski definition) is 1. The van der Waals surface area contributed by atoms with E-state index < -0.39 is 33.8 Å². The van der Waals surface area contributed by atoms with E-state index in [2.05, 4.69) is 4.98 Å². The Bertz CT molecular complexity index is 1650. The van der Waals surface area contributed by atoms with Crippen LogP contribution in [0.1, 0.15) is 21.9 Å². The molecule has 6 rings (SSSR count). The number of aromatic amines is 1. The highest BCUT2D eigenvalue weighted by molar-refractivity contribution is 8.00. The molecule has 196 valence electrons. The Labute approximate surface area is 234 Å². The van der Waals surface area contributed by atoms with E-state index in [0.29, 0.717) is 27.3 Å². The third-order valence-corrected chi connectivity index (χ3v) is 9.35. The van der Waals surface area contributed by atoms with Crippen LogP contribution in [0, 0.1) is 16.0 Å². The zero-order chi connectivity index (χ0) is 27.3. The molecule has 3 heterocycles. The number of nitro benzene ring substituents is 1. The molecule has 2 aliphatic heterocycles. The van der Waals surface area contributed by atoms with Gasteiger partial charge in [0.05, 0.1) is 21.6 Å². The number of aromatic nitrogens is 1. The maximum Gasteiger partial charge on any atom is 0.305 e. The van der Waals surface area contributed by atoms with Gasteiger partial charge >= 0.3 is 4.87 Å². The van der Waals surface area contributed by atoms with E-state index in [-0.39, 0.29) is 16.2 Å². The summed E-state index contributed by atoms with van der Waals surface area (Å²) >= 11 is 8.15. The van der Waals surface area contributed by atoms with Crippen molar-refractivity contribution in [1.82, 2.24) is 4.98 Å². The highest BCUT2D eigenvalue weighted by Crippen LogP contribution is 2.53. The van der Waals surface area contributed by atoms with E-state index in [1.165, 1.54) is 36.0 Å². The molecule has 1 aromatic heterocycles. The molecule has 2 amide bonds. The number of thiazole rings is 1. The summed E-state index contributed by atoms with van der Waals surface area (Å²) in [5, 5.41) is 11.5. The Morgan fingerprint density at radius 3 is 2.31 bits per heavy atom. The number of H-pyrrole nitrogens is 1. The normalized spacial score (nSPS) is 20.0. The maximum atomic E-state index is 13.8. The number of carbonyl (C=O) groups excluding carboxylic acids is 2. The third kappa shape index (κ3) is 4.62. The van der Waals surface area contributed by atoms with Crippen molar-refractivity contribution < 1.29 is 19.2 Å². The number of benzene rings is 3. The van der Waals surface area contributed by atoms with Crippen molar-refractivity contribution in [3.63, 3.8) is 0 Å². The molecule has 39 heavy (non-hydrogen) atoms. The van der Waals surface area contributed by atoms with Crippen molar-refractivity contribution in [2.75, 3.05) is 4.90 Å². The Balaban J connectivity index is 1.31. The van der Waals surface area contributed by atoms with Crippen LogP contribution in [-0.2, 0) is 16.2 Å². The number of nitrogens with one attached hydrogen (secondary N) is 1. The summed E-state index contributed by atoms with van der Waals surface area (Å²) in [6.07, 6.45) is 0. The van der Waals surface area contributed by atoms with E-state index in [1.54, 1.807) is 24.3 Å². The van der Waals surface area contributed by atoms with E-state index in [1.807, 2.05) is 24.3 Å². The van der Waals surface area contributed by atoms with Gasteiger partial charge in [-0.25, -0.2) is 4.90 Å². The first-order valence-corrected chi connectivity index (χ1v) is 13.9. The van der Waals surface area contributed by atoms with Gasteiger partial charge < -0.3 is 9.72 Å². The molecule has 9 nitrogen and oxygen atoms in total. The molecule has 4 aromatic rings. The zero-order valence-electron chi connectivity index (χ0n) is 19.9. The maximum absolute atomic E-state index is 13.8. The van der Waals surface area contributed by atoms with E-state index in [4.69, 9.17) is 16.3 Å². The van der Waals surface area contributed by atoms with Crippen molar-refractivity contribution in [1.29, 1.82) is 0 Å². The number of carbonyl (C=O) groups is 2. The van der Waals surface area contributed by atoms with Crippen LogP contribution in [0.5, 0.6) is 5.75 Å². The minimum absolute atomic E-state index is 0.138. The monoisotopic (exact) mass is 579 g/mol. The predicted octanol–water partition coefficient (Wildman–Crippen LogP) is 5.37. The molecule has 3 aromatic carbocycles. The van der Waals surface area contributed by atoms with Gasteiger partial charge in [0, 0.05) is 28.0 Å². The first kappa shape index (κ1) is 25.4. The molecule has 1 fully saturated rings. The zero-order valence-corrected chi connectivity index (χ0v) is 22.3. The van der Waals surface area contributed by atoms with Crippen LogP contribution in [0.2, 0.25) is 5.02 Å². The summed E-state index contributed by atoms with van der Waals surface area (Å²) in [5.41, 5.74) is 1.86. The molecule has 0 bridgehead atoms. The topological polar surface area (TPSA) is 123 Å². The van der Waals surface area contributed by atoms with Crippen molar-refractivity contribution in [3.8, 4) is 5.75 Å². The van der Waals surface area contributed by atoms with Gasteiger partial charge in [-0.1, -0.05) is 59.0 Å². The molecular formula is C27H18ClN3O6S2.